The lowest BCUT2D eigenvalue weighted by atomic mass is 10.1. The Morgan fingerprint density at radius 1 is 1.20 bits per heavy atom. The van der Waals surface area contributed by atoms with Gasteiger partial charge in [-0.15, -0.1) is 0 Å². The topological polar surface area (TPSA) is 25.8 Å². The molecule has 20 heavy (non-hydrogen) atoms. The monoisotopic (exact) mass is 388 g/mol. The summed E-state index contributed by atoms with van der Waals surface area (Å²) in [4.78, 5) is 8.91. The molecular weight excluding hydrogens is 379 g/mol. The van der Waals surface area contributed by atoms with Crippen molar-refractivity contribution in [1.29, 1.82) is 0 Å². The molecule has 2 heterocycles. The van der Waals surface area contributed by atoms with E-state index in [0.717, 1.165) is 28.0 Å². The third-order valence-corrected chi connectivity index (χ3v) is 5.58. The van der Waals surface area contributed by atoms with Gasteiger partial charge in [-0.05, 0) is 36.3 Å². The largest absolute Gasteiger partial charge is 0.219 e. The van der Waals surface area contributed by atoms with E-state index >= 15 is 0 Å². The molecule has 0 saturated carbocycles. The second-order valence-electron chi connectivity index (χ2n) is 4.55. The van der Waals surface area contributed by atoms with Crippen LogP contribution in [-0.4, -0.2) is 15.7 Å². The van der Waals surface area contributed by atoms with E-state index in [1.54, 1.807) is 0 Å². The minimum Gasteiger partial charge on any atom is -0.219 e. The molecule has 0 aliphatic carbocycles. The first-order valence-electron chi connectivity index (χ1n) is 6.25. The smallest absolute Gasteiger partial charge is 0.144 e. The van der Waals surface area contributed by atoms with Gasteiger partial charge in [0.15, 0.2) is 0 Å². The van der Waals surface area contributed by atoms with Crippen molar-refractivity contribution in [2.24, 2.45) is 0 Å². The molecule has 1 aliphatic rings. The van der Waals surface area contributed by atoms with E-state index in [1.807, 2.05) is 36.0 Å². The number of hydrogen-bond donors (Lipinski definition) is 0. The molecule has 1 aromatic carbocycles. The second kappa shape index (κ2) is 6.22. The van der Waals surface area contributed by atoms with Crippen molar-refractivity contribution >= 4 is 50.9 Å². The Labute approximate surface area is 140 Å². The minimum atomic E-state index is 0.321. The first-order valence-corrected chi connectivity index (χ1v) is 8.85. The zero-order valence-electron chi connectivity index (χ0n) is 10.4. The fourth-order valence-corrected chi connectivity index (χ4v) is 4.45. The van der Waals surface area contributed by atoms with E-state index in [0.29, 0.717) is 21.1 Å². The number of thioether (sulfide) groups is 1. The van der Waals surface area contributed by atoms with Gasteiger partial charge < -0.3 is 0 Å². The summed E-state index contributed by atoms with van der Waals surface area (Å²) >= 11 is 18.0. The molecule has 1 aromatic heterocycles. The molecule has 6 heteroatoms. The Morgan fingerprint density at radius 2 is 1.95 bits per heavy atom. The fourth-order valence-electron chi connectivity index (χ4n) is 2.23. The van der Waals surface area contributed by atoms with Crippen molar-refractivity contribution in [2.75, 3.05) is 5.75 Å². The van der Waals surface area contributed by atoms with Crippen molar-refractivity contribution in [2.45, 2.75) is 18.1 Å². The first kappa shape index (κ1) is 14.6. The lowest BCUT2D eigenvalue weighted by Gasteiger charge is -2.12. The third-order valence-electron chi connectivity index (χ3n) is 3.17. The van der Waals surface area contributed by atoms with E-state index in [9.17, 15) is 0 Å². The molecule has 0 N–H and O–H groups in total. The van der Waals surface area contributed by atoms with Crippen LogP contribution in [-0.2, 0) is 0 Å². The fraction of sp³-hybridized carbons (Fsp3) is 0.286. The van der Waals surface area contributed by atoms with Crippen molar-refractivity contribution in [3.05, 3.63) is 44.9 Å². The summed E-state index contributed by atoms with van der Waals surface area (Å²) in [5, 5.41) is 1.16. The van der Waals surface area contributed by atoms with E-state index in [-0.39, 0.29) is 0 Å². The van der Waals surface area contributed by atoms with Crippen molar-refractivity contribution in [3.8, 4) is 11.1 Å². The summed E-state index contributed by atoms with van der Waals surface area (Å²) in [5.74, 6) is 1.90. The van der Waals surface area contributed by atoms with Gasteiger partial charge in [0.05, 0.1) is 10.8 Å². The van der Waals surface area contributed by atoms with Gasteiger partial charge in [-0.1, -0.05) is 51.3 Å². The van der Waals surface area contributed by atoms with Crippen LogP contribution in [0.1, 0.15) is 23.9 Å². The van der Waals surface area contributed by atoms with Crippen LogP contribution < -0.4 is 0 Å². The molecule has 0 amide bonds. The lowest BCUT2D eigenvalue weighted by molar-refractivity contribution is 0.777. The Hall–Kier alpha value is -0.290. The van der Waals surface area contributed by atoms with Gasteiger partial charge in [-0.25, -0.2) is 9.97 Å². The summed E-state index contributed by atoms with van der Waals surface area (Å²) in [6, 6.07) is 7.80. The third kappa shape index (κ3) is 2.98. The van der Waals surface area contributed by atoms with Crippen molar-refractivity contribution in [3.63, 3.8) is 0 Å². The van der Waals surface area contributed by atoms with Crippen LogP contribution in [0.3, 0.4) is 0 Å². The Kier molecular flexibility index (Phi) is 4.55. The summed E-state index contributed by atoms with van der Waals surface area (Å²) in [6.07, 6.45) is 2.29. The zero-order chi connectivity index (χ0) is 14.1. The molecule has 1 unspecified atom stereocenters. The number of hydrogen-bond acceptors (Lipinski definition) is 3. The Bertz CT molecular complexity index is 622. The SMILES string of the molecule is Clc1nc(C2CCCS2)nc(Cl)c1-c1cccc(Br)c1. The Morgan fingerprint density at radius 3 is 2.55 bits per heavy atom. The van der Waals surface area contributed by atoms with Crippen LogP contribution in [0.15, 0.2) is 28.7 Å². The molecule has 104 valence electrons. The summed E-state index contributed by atoms with van der Waals surface area (Å²) in [6.45, 7) is 0. The van der Waals surface area contributed by atoms with Crippen LogP contribution in [0, 0.1) is 0 Å². The highest BCUT2D eigenvalue weighted by molar-refractivity contribution is 9.10. The second-order valence-corrected chi connectivity index (χ2v) is 7.49. The molecule has 1 saturated heterocycles. The highest BCUT2D eigenvalue weighted by atomic mass is 79.9. The first-order chi connectivity index (χ1) is 9.65. The van der Waals surface area contributed by atoms with Gasteiger partial charge in [0.25, 0.3) is 0 Å². The maximum Gasteiger partial charge on any atom is 0.144 e. The van der Waals surface area contributed by atoms with Gasteiger partial charge in [0.1, 0.15) is 16.1 Å². The van der Waals surface area contributed by atoms with Crippen LogP contribution >= 0.6 is 50.9 Å². The normalized spacial score (nSPS) is 18.4. The maximum atomic E-state index is 6.34. The number of rotatable bonds is 2. The van der Waals surface area contributed by atoms with E-state index in [2.05, 4.69) is 25.9 Å². The van der Waals surface area contributed by atoms with E-state index < -0.39 is 0 Å². The predicted octanol–water partition coefficient (Wildman–Crippen LogP) is 5.78. The highest BCUT2D eigenvalue weighted by Crippen LogP contribution is 2.41. The van der Waals surface area contributed by atoms with Gasteiger partial charge in [0, 0.05) is 4.47 Å². The van der Waals surface area contributed by atoms with Crippen molar-refractivity contribution in [1.82, 2.24) is 9.97 Å². The van der Waals surface area contributed by atoms with Crippen LogP contribution in [0.4, 0.5) is 0 Å². The molecule has 1 atom stereocenters. The quantitative estimate of drug-likeness (QED) is 0.608. The minimum absolute atomic E-state index is 0.321. The van der Waals surface area contributed by atoms with Crippen LogP contribution in [0.2, 0.25) is 10.3 Å². The predicted molar refractivity (Wildman–Crippen MR) is 89.6 cm³/mol. The summed E-state index contributed by atoms with van der Waals surface area (Å²) < 4.78 is 0.970. The molecule has 2 aromatic rings. The molecule has 0 spiro atoms. The van der Waals surface area contributed by atoms with E-state index in [4.69, 9.17) is 23.2 Å². The van der Waals surface area contributed by atoms with Crippen LogP contribution in [0.5, 0.6) is 0 Å². The molecule has 0 radical (unpaired) electrons. The van der Waals surface area contributed by atoms with Gasteiger partial charge >= 0.3 is 0 Å². The zero-order valence-corrected chi connectivity index (χ0v) is 14.4. The number of aromatic nitrogens is 2. The maximum absolute atomic E-state index is 6.34. The number of halogens is 3. The van der Waals surface area contributed by atoms with Gasteiger partial charge in [-0.2, -0.15) is 11.8 Å². The molecule has 3 rings (SSSR count). The number of nitrogens with zero attached hydrogens (tertiary/aromatic N) is 2. The summed E-state index contributed by atoms with van der Waals surface area (Å²) in [5.41, 5.74) is 1.61. The lowest BCUT2D eigenvalue weighted by Crippen LogP contribution is -2.01. The van der Waals surface area contributed by atoms with Gasteiger partial charge in [0.2, 0.25) is 0 Å². The molecular formula is C14H11BrCl2N2S. The highest BCUT2D eigenvalue weighted by Gasteiger charge is 2.23. The molecule has 0 bridgehead atoms. The van der Waals surface area contributed by atoms with Crippen molar-refractivity contribution < 1.29 is 0 Å². The number of benzene rings is 1. The van der Waals surface area contributed by atoms with Crippen LogP contribution in [0.25, 0.3) is 11.1 Å². The molecule has 2 nitrogen and oxygen atoms in total. The average Bonchev–Trinajstić information content (AvgIpc) is 2.91. The molecule has 1 fully saturated rings. The summed E-state index contributed by atoms with van der Waals surface area (Å²) in [7, 11) is 0. The molecule has 1 aliphatic heterocycles. The average molecular weight is 390 g/mol. The standard InChI is InChI=1S/C14H11BrCl2N2S/c15-9-4-1-3-8(7-9)11-12(16)18-14(19-13(11)17)10-5-2-6-20-10/h1,3-4,7,10H,2,5-6H2. The van der Waals surface area contributed by atoms with E-state index in [1.165, 1.54) is 6.42 Å². The van der Waals surface area contributed by atoms with Gasteiger partial charge in [-0.3, -0.25) is 0 Å². The Balaban J connectivity index is 2.04.